The molecule has 18 heavy (non-hydrogen) atoms. The SMILES string of the molecule is CNC(=O)C(C)(C)CNc1ncnc(Cl)c1NC. The smallest absolute Gasteiger partial charge is 0.227 e. The van der Waals surface area contributed by atoms with E-state index in [1.54, 1.807) is 14.1 Å². The summed E-state index contributed by atoms with van der Waals surface area (Å²) in [5.74, 6) is 0.538. The largest absolute Gasteiger partial charge is 0.383 e. The second-order valence-corrected chi connectivity index (χ2v) is 4.81. The van der Waals surface area contributed by atoms with Crippen LogP contribution in [0.15, 0.2) is 6.33 Å². The third-order valence-corrected chi connectivity index (χ3v) is 2.88. The summed E-state index contributed by atoms with van der Waals surface area (Å²) in [6.07, 6.45) is 1.37. The van der Waals surface area contributed by atoms with Crippen LogP contribution in [0.4, 0.5) is 11.5 Å². The molecule has 0 bridgehead atoms. The van der Waals surface area contributed by atoms with Gasteiger partial charge in [-0.2, -0.15) is 0 Å². The number of halogens is 1. The zero-order chi connectivity index (χ0) is 13.8. The van der Waals surface area contributed by atoms with Gasteiger partial charge in [-0.1, -0.05) is 11.6 Å². The maximum Gasteiger partial charge on any atom is 0.227 e. The number of nitrogens with zero attached hydrogens (tertiary/aromatic N) is 2. The number of amides is 1. The molecule has 0 aliphatic heterocycles. The quantitative estimate of drug-likeness (QED) is 0.705. The predicted octanol–water partition coefficient (Wildman–Crippen LogP) is 1.36. The van der Waals surface area contributed by atoms with Crippen molar-refractivity contribution in [2.75, 3.05) is 31.3 Å². The number of hydrogen-bond acceptors (Lipinski definition) is 5. The third kappa shape index (κ3) is 3.22. The van der Waals surface area contributed by atoms with E-state index in [0.717, 1.165) is 0 Å². The number of carbonyl (C=O) groups is 1. The molecule has 6 nitrogen and oxygen atoms in total. The molecular formula is C11H18ClN5O. The molecule has 3 N–H and O–H groups in total. The van der Waals surface area contributed by atoms with Gasteiger partial charge in [-0.15, -0.1) is 0 Å². The average molecular weight is 272 g/mol. The van der Waals surface area contributed by atoms with Gasteiger partial charge >= 0.3 is 0 Å². The molecule has 0 fully saturated rings. The van der Waals surface area contributed by atoms with Crippen molar-refractivity contribution in [2.24, 2.45) is 5.41 Å². The highest BCUT2D eigenvalue weighted by atomic mass is 35.5. The lowest BCUT2D eigenvalue weighted by Gasteiger charge is -2.23. The Kier molecular flexibility index (Phi) is 4.72. The van der Waals surface area contributed by atoms with Crippen LogP contribution in [0.5, 0.6) is 0 Å². The molecule has 0 radical (unpaired) electrons. The molecule has 1 aromatic heterocycles. The molecule has 0 atom stereocenters. The van der Waals surface area contributed by atoms with Crippen molar-refractivity contribution in [3.8, 4) is 0 Å². The molecule has 1 aromatic rings. The fourth-order valence-electron chi connectivity index (χ4n) is 1.44. The van der Waals surface area contributed by atoms with Crippen LogP contribution in [0.1, 0.15) is 13.8 Å². The highest BCUT2D eigenvalue weighted by Gasteiger charge is 2.26. The summed E-state index contributed by atoms with van der Waals surface area (Å²) < 4.78 is 0. The number of hydrogen-bond donors (Lipinski definition) is 3. The zero-order valence-corrected chi connectivity index (χ0v) is 11.7. The van der Waals surface area contributed by atoms with E-state index in [0.29, 0.717) is 23.2 Å². The lowest BCUT2D eigenvalue weighted by Crippen LogP contribution is -2.39. The molecule has 0 unspecified atom stereocenters. The van der Waals surface area contributed by atoms with Gasteiger partial charge in [-0.05, 0) is 13.8 Å². The molecule has 0 aliphatic carbocycles. The number of carbonyl (C=O) groups excluding carboxylic acids is 1. The van der Waals surface area contributed by atoms with Crippen molar-refractivity contribution in [3.05, 3.63) is 11.5 Å². The number of aromatic nitrogens is 2. The van der Waals surface area contributed by atoms with E-state index in [-0.39, 0.29) is 5.91 Å². The molecule has 7 heteroatoms. The van der Waals surface area contributed by atoms with Crippen LogP contribution in [0.2, 0.25) is 5.15 Å². The molecule has 1 amide bonds. The van der Waals surface area contributed by atoms with Crippen molar-refractivity contribution in [2.45, 2.75) is 13.8 Å². The van der Waals surface area contributed by atoms with Crippen molar-refractivity contribution in [3.63, 3.8) is 0 Å². The average Bonchev–Trinajstić information content (AvgIpc) is 2.35. The number of rotatable bonds is 5. The van der Waals surface area contributed by atoms with E-state index in [4.69, 9.17) is 11.6 Å². The summed E-state index contributed by atoms with van der Waals surface area (Å²) in [4.78, 5) is 19.6. The van der Waals surface area contributed by atoms with Crippen LogP contribution >= 0.6 is 11.6 Å². The Morgan fingerprint density at radius 3 is 2.61 bits per heavy atom. The second-order valence-electron chi connectivity index (χ2n) is 4.45. The van der Waals surface area contributed by atoms with E-state index in [1.807, 2.05) is 13.8 Å². The Morgan fingerprint density at radius 1 is 1.39 bits per heavy atom. The molecular weight excluding hydrogens is 254 g/mol. The highest BCUT2D eigenvalue weighted by molar-refractivity contribution is 6.32. The van der Waals surface area contributed by atoms with Crippen LogP contribution < -0.4 is 16.0 Å². The van der Waals surface area contributed by atoms with Gasteiger partial charge in [0, 0.05) is 20.6 Å². The first-order valence-corrected chi connectivity index (χ1v) is 5.94. The molecule has 0 saturated heterocycles. The van der Waals surface area contributed by atoms with Crippen LogP contribution in [0.3, 0.4) is 0 Å². The normalized spacial score (nSPS) is 10.9. The summed E-state index contributed by atoms with van der Waals surface area (Å²) in [6.45, 7) is 4.13. The molecule has 0 spiro atoms. The Bertz CT molecular complexity index is 435. The predicted molar refractivity (Wildman–Crippen MR) is 72.9 cm³/mol. The second kappa shape index (κ2) is 5.86. The summed E-state index contributed by atoms with van der Waals surface area (Å²) in [7, 11) is 3.35. The first-order valence-electron chi connectivity index (χ1n) is 5.56. The minimum Gasteiger partial charge on any atom is -0.383 e. The summed E-state index contributed by atoms with van der Waals surface area (Å²) in [6, 6.07) is 0. The first-order chi connectivity index (χ1) is 8.42. The topological polar surface area (TPSA) is 78.9 Å². The van der Waals surface area contributed by atoms with Gasteiger partial charge in [-0.3, -0.25) is 4.79 Å². The first kappa shape index (κ1) is 14.5. The third-order valence-electron chi connectivity index (χ3n) is 2.59. The lowest BCUT2D eigenvalue weighted by atomic mass is 9.92. The van der Waals surface area contributed by atoms with Crippen LogP contribution in [0, 0.1) is 5.41 Å². The Labute approximate surface area is 112 Å². The molecule has 1 rings (SSSR count). The Morgan fingerprint density at radius 2 is 2.06 bits per heavy atom. The van der Waals surface area contributed by atoms with Gasteiger partial charge in [-0.25, -0.2) is 9.97 Å². The highest BCUT2D eigenvalue weighted by Crippen LogP contribution is 2.26. The van der Waals surface area contributed by atoms with Crippen LogP contribution in [-0.2, 0) is 4.79 Å². The number of nitrogens with one attached hydrogen (secondary N) is 3. The van der Waals surface area contributed by atoms with E-state index < -0.39 is 5.41 Å². The van der Waals surface area contributed by atoms with Crippen molar-refractivity contribution < 1.29 is 4.79 Å². The van der Waals surface area contributed by atoms with Gasteiger partial charge in [0.1, 0.15) is 12.0 Å². The molecule has 0 aliphatic rings. The fraction of sp³-hybridized carbons (Fsp3) is 0.545. The van der Waals surface area contributed by atoms with Crippen molar-refractivity contribution in [1.29, 1.82) is 0 Å². The van der Waals surface area contributed by atoms with E-state index in [1.165, 1.54) is 6.33 Å². The minimum atomic E-state index is -0.544. The maximum atomic E-state index is 11.7. The summed E-state index contributed by atoms with van der Waals surface area (Å²) >= 11 is 5.94. The monoisotopic (exact) mass is 271 g/mol. The van der Waals surface area contributed by atoms with E-state index in [2.05, 4.69) is 25.9 Å². The summed E-state index contributed by atoms with van der Waals surface area (Å²) in [5.41, 5.74) is 0.0730. The van der Waals surface area contributed by atoms with E-state index in [9.17, 15) is 4.79 Å². The Balaban J connectivity index is 2.81. The van der Waals surface area contributed by atoms with Crippen molar-refractivity contribution >= 4 is 29.0 Å². The van der Waals surface area contributed by atoms with Gasteiger partial charge < -0.3 is 16.0 Å². The maximum absolute atomic E-state index is 11.7. The summed E-state index contributed by atoms with van der Waals surface area (Å²) in [5, 5.41) is 8.99. The van der Waals surface area contributed by atoms with Gasteiger partial charge in [0.15, 0.2) is 11.0 Å². The van der Waals surface area contributed by atoms with Gasteiger partial charge in [0.2, 0.25) is 5.91 Å². The van der Waals surface area contributed by atoms with Crippen LogP contribution in [-0.4, -0.2) is 36.5 Å². The fourth-order valence-corrected chi connectivity index (χ4v) is 1.67. The molecule has 1 heterocycles. The Hall–Kier alpha value is -1.56. The van der Waals surface area contributed by atoms with Gasteiger partial charge in [0.05, 0.1) is 5.41 Å². The van der Waals surface area contributed by atoms with E-state index >= 15 is 0 Å². The molecule has 100 valence electrons. The van der Waals surface area contributed by atoms with Gasteiger partial charge in [0.25, 0.3) is 0 Å². The molecule has 0 aromatic carbocycles. The van der Waals surface area contributed by atoms with Crippen LogP contribution in [0.25, 0.3) is 0 Å². The zero-order valence-electron chi connectivity index (χ0n) is 11.0. The standard InChI is InChI=1S/C11H18ClN5O/c1-11(2,10(18)14-4)5-15-9-7(13-3)8(12)16-6-17-9/h6,13H,5H2,1-4H3,(H,14,18)(H,15,16,17). The molecule has 0 saturated carbocycles. The number of anilines is 2. The van der Waals surface area contributed by atoms with Crippen molar-refractivity contribution in [1.82, 2.24) is 15.3 Å². The lowest BCUT2D eigenvalue weighted by molar-refractivity contribution is -0.128. The minimum absolute atomic E-state index is 0.0406.